The van der Waals surface area contributed by atoms with Gasteiger partial charge in [0.05, 0.1) is 0 Å². The Morgan fingerprint density at radius 3 is 2.57 bits per heavy atom. The smallest absolute Gasteiger partial charge is 0.139 e. The van der Waals surface area contributed by atoms with Crippen molar-refractivity contribution < 1.29 is 4.21 Å². The fourth-order valence-electron chi connectivity index (χ4n) is 2.67. The van der Waals surface area contributed by atoms with Gasteiger partial charge in [0.15, 0.2) is 0 Å². The second-order valence-corrected chi connectivity index (χ2v) is 5.78. The summed E-state index contributed by atoms with van der Waals surface area (Å²) in [5.41, 5.74) is 1.70. The lowest BCUT2D eigenvalue weighted by Gasteiger charge is -2.39. The zero-order valence-electron chi connectivity index (χ0n) is 8.92. The molecule has 2 nitrogen and oxygen atoms in total. The maximum Gasteiger partial charge on any atom is 0.139 e. The molecule has 0 heterocycles. The van der Waals surface area contributed by atoms with Crippen LogP contribution in [0.25, 0.3) is 0 Å². The van der Waals surface area contributed by atoms with Gasteiger partial charge >= 0.3 is 0 Å². The van der Waals surface area contributed by atoms with Crippen LogP contribution in [0.15, 0.2) is 4.40 Å². The van der Waals surface area contributed by atoms with Crippen LogP contribution in [0.4, 0.5) is 0 Å². The van der Waals surface area contributed by atoms with Crippen LogP contribution < -0.4 is 0 Å². The number of hydrogen-bond donors (Lipinski definition) is 0. The summed E-state index contributed by atoms with van der Waals surface area (Å²) in [5, 5.41) is 0. The predicted octanol–water partition coefficient (Wildman–Crippen LogP) is 2.86. The second-order valence-electron chi connectivity index (χ2n) is 4.55. The van der Waals surface area contributed by atoms with Crippen LogP contribution in [-0.2, 0) is 11.0 Å². The second kappa shape index (κ2) is 4.13. The molecule has 2 aliphatic carbocycles. The minimum absolute atomic E-state index is 0.420. The van der Waals surface area contributed by atoms with Crippen LogP contribution in [0, 0.1) is 5.41 Å². The number of rotatable bonds is 3. The lowest BCUT2D eigenvalue weighted by atomic mass is 9.66. The Hall–Kier alpha value is -0.180. The van der Waals surface area contributed by atoms with Crippen LogP contribution in [0.3, 0.4) is 0 Å². The van der Waals surface area contributed by atoms with Gasteiger partial charge in [-0.3, -0.25) is 0 Å². The molecule has 0 saturated heterocycles. The molecule has 0 aromatic heterocycles. The summed E-state index contributed by atoms with van der Waals surface area (Å²) < 4.78 is 15.9. The molecular formula is C11H19NOS. The lowest BCUT2D eigenvalue weighted by Crippen LogP contribution is -2.38. The van der Waals surface area contributed by atoms with Crippen LogP contribution in [0.5, 0.6) is 0 Å². The first kappa shape index (κ1) is 10.3. The number of nitrogens with zero attached hydrogens (tertiary/aromatic N) is 1. The van der Waals surface area contributed by atoms with Crippen LogP contribution >= 0.6 is 0 Å². The van der Waals surface area contributed by atoms with Gasteiger partial charge in [-0.1, -0.05) is 19.8 Å². The molecule has 1 spiro atoms. The van der Waals surface area contributed by atoms with E-state index in [9.17, 15) is 4.21 Å². The van der Waals surface area contributed by atoms with Gasteiger partial charge in [0.1, 0.15) is 11.0 Å². The molecule has 2 fully saturated rings. The molecule has 2 aliphatic rings. The van der Waals surface area contributed by atoms with Crippen LogP contribution in [0.2, 0.25) is 0 Å². The van der Waals surface area contributed by atoms with E-state index in [1.807, 2.05) is 0 Å². The van der Waals surface area contributed by atoms with Gasteiger partial charge in [0, 0.05) is 16.9 Å². The van der Waals surface area contributed by atoms with Gasteiger partial charge in [-0.05, 0) is 32.1 Å². The van der Waals surface area contributed by atoms with Gasteiger partial charge in [-0.15, -0.1) is 0 Å². The van der Waals surface area contributed by atoms with Crippen molar-refractivity contribution in [1.82, 2.24) is 0 Å². The first-order chi connectivity index (χ1) is 6.77. The average Bonchev–Trinajstić information content (AvgIpc) is 2.64. The molecule has 3 heteroatoms. The molecule has 2 saturated carbocycles. The molecule has 1 unspecified atom stereocenters. The molecule has 0 bridgehead atoms. The third-order valence-electron chi connectivity index (χ3n) is 3.60. The Balaban J connectivity index is 2.01. The van der Waals surface area contributed by atoms with E-state index < -0.39 is 11.0 Å². The van der Waals surface area contributed by atoms with Gasteiger partial charge in [0.25, 0.3) is 0 Å². The lowest BCUT2D eigenvalue weighted by molar-refractivity contribution is 0.341. The highest BCUT2D eigenvalue weighted by Gasteiger charge is 2.45. The molecule has 14 heavy (non-hydrogen) atoms. The fraction of sp³-hybridized carbons (Fsp3) is 0.909. The SMILES string of the molecule is CCCS(=O)/N=C1\CCC12CCCC2. The van der Waals surface area contributed by atoms with Gasteiger partial charge in [-0.2, -0.15) is 4.40 Å². The Morgan fingerprint density at radius 1 is 1.36 bits per heavy atom. The van der Waals surface area contributed by atoms with E-state index in [0.717, 1.165) is 18.6 Å². The summed E-state index contributed by atoms with van der Waals surface area (Å²) in [6.07, 6.45) is 8.67. The van der Waals surface area contributed by atoms with Crippen molar-refractivity contribution in [2.75, 3.05) is 5.75 Å². The molecule has 80 valence electrons. The summed E-state index contributed by atoms with van der Waals surface area (Å²) in [6, 6.07) is 0. The van der Waals surface area contributed by atoms with E-state index in [1.54, 1.807) is 0 Å². The Kier molecular flexibility index (Phi) is 3.05. The van der Waals surface area contributed by atoms with Crippen molar-refractivity contribution in [1.29, 1.82) is 0 Å². The highest BCUT2D eigenvalue weighted by Crippen LogP contribution is 2.51. The predicted molar refractivity (Wildman–Crippen MR) is 60.9 cm³/mol. The van der Waals surface area contributed by atoms with E-state index in [2.05, 4.69) is 11.3 Å². The van der Waals surface area contributed by atoms with Crippen molar-refractivity contribution >= 4 is 16.7 Å². The molecule has 0 aromatic carbocycles. The van der Waals surface area contributed by atoms with Gasteiger partial charge < -0.3 is 0 Å². The third-order valence-corrected chi connectivity index (χ3v) is 4.79. The highest BCUT2D eigenvalue weighted by molar-refractivity contribution is 7.83. The summed E-state index contributed by atoms with van der Waals surface area (Å²) in [4.78, 5) is 0. The normalized spacial score (nSPS) is 29.4. The van der Waals surface area contributed by atoms with Crippen LogP contribution in [-0.4, -0.2) is 15.7 Å². The monoisotopic (exact) mass is 213 g/mol. The van der Waals surface area contributed by atoms with Crippen molar-refractivity contribution in [3.63, 3.8) is 0 Å². The van der Waals surface area contributed by atoms with E-state index in [4.69, 9.17) is 0 Å². The van der Waals surface area contributed by atoms with Crippen molar-refractivity contribution in [3.8, 4) is 0 Å². The third kappa shape index (κ3) is 1.79. The standard InChI is InChI=1S/C11H19NOS/c1-2-9-14(13)12-10-5-8-11(10)6-3-4-7-11/h2-9H2,1H3/b12-10+. The summed E-state index contributed by atoms with van der Waals surface area (Å²) >= 11 is 0. The minimum Gasteiger partial charge on any atom is -0.235 e. The molecule has 0 amide bonds. The van der Waals surface area contributed by atoms with Gasteiger partial charge in [-0.25, -0.2) is 4.21 Å². The van der Waals surface area contributed by atoms with Crippen molar-refractivity contribution in [3.05, 3.63) is 0 Å². The summed E-state index contributed by atoms with van der Waals surface area (Å²) in [6.45, 7) is 2.06. The van der Waals surface area contributed by atoms with E-state index in [1.165, 1.54) is 37.8 Å². The van der Waals surface area contributed by atoms with Crippen LogP contribution in [0.1, 0.15) is 51.9 Å². The Labute approximate surface area is 88.8 Å². The molecule has 0 radical (unpaired) electrons. The molecular weight excluding hydrogens is 194 g/mol. The maximum atomic E-state index is 11.5. The average molecular weight is 213 g/mol. The molecule has 1 atom stereocenters. The first-order valence-electron chi connectivity index (χ1n) is 5.73. The van der Waals surface area contributed by atoms with Crippen molar-refractivity contribution in [2.24, 2.45) is 9.81 Å². The maximum absolute atomic E-state index is 11.5. The largest absolute Gasteiger partial charge is 0.235 e. The minimum atomic E-state index is -0.933. The zero-order chi connectivity index (χ0) is 10.0. The van der Waals surface area contributed by atoms with Crippen molar-refractivity contribution in [2.45, 2.75) is 51.9 Å². The molecule has 0 aromatic rings. The first-order valence-corrected chi connectivity index (χ1v) is 7.01. The highest BCUT2D eigenvalue weighted by atomic mass is 32.2. The topological polar surface area (TPSA) is 29.4 Å². The molecule has 0 aliphatic heterocycles. The Bertz CT molecular complexity index is 266. The van der Waals surface area contributed by atoms with Gasteiger partial charge in [0.2, 0.25) is 0 Å². The quantitative estimate of drug-likeness (QED) is 0.709. The molecule has 0 N–H and O–H groups in total. The van der Waals surface area contributed by atoms with E-state index in [-0.39, 0.29) is 0 Å². The van der Waals surface area contributed by atoms with E-state index in [0.29, 0.717) is 5.41 Å². The summed E-state index contributed by atoms with van der Waals surface area (Å²) in [5.74, 6) is 0.736. The molecule has 2 rings (SSSR count). The zero-order valence-corrected chi connectivity index (χ0v) is 9.74. The Morgan fingerprint density at radius 2 is 2.07 bits per heavy atom. The fourth-order valence-corrected chi connectivity index (χ4v) is 3.64. The number of hydrogen-bond acceptors (Lipinski definition) is 1. The van der Waals surface area contributed by atoms with E-state index >= 15 is 0 Å². The summed E-state index contributed by atoms with van der Waals surface area (Å²) in [7, 11) is -0.933.